The van der Waals surface area contributed by atoms with E-state index in [1.165, 1.54) is 6.07 Å². The van der Waals surface area contributed by atoms with E-state index >= 15 is 0 Å². The second-order valence-corrected chi connectivity index (χ2v) is 7.06. The zero-order valence-electron chi connectivity index (χ0n) is 12.8. The molecule has 1 aromatic carbocycles. The molecular weight excluding hydrogens is 310 g/mol. The lowest BCUT2D eigenvalue weighted by Crippen LogP contribution is -2.30. The molecule has 0 aromatic heterocycles. The smallest absolute Gasteiger partial charge is 0.240 e. The quantitative estimate of drug-likeness (QED) is 0.565. The van der Waals surface area contributed by atoms with Gasteiger partial charge in [0.15, 0.2) is 0 Å². The van der Waals surface area contributed by atoms with E-state index in [1.54, 1.807) is 13.0 Å². The van der Waals surface area contributed by atoms with Gasteiger partial charge in [-0.1, -0.05) is 25.4 Å². The van der Waals surface area contributed by atoms with Crippen LogP contribution in [0.3, 0.4) is 0 Å². The van der Waals surface area contributed by atoms with Crippen molar-refractivity contribution in [2.24, 2.45) is 0 Å². The van der Waals surface area contributed by atoms with Crippen molar-refractivity contribution in [2.75, 3.05) is 31.9 Å². The van der Waals surface area contributed by atoms with Gasteiger partial charge in [-0.25, -0.2) is 13.1 Å². The molecule has 7 heteroatoms. The first-order valence-electron chi connectivity index (χ1n) is 7.09. The average molecular weight is 334 g/mol. The van der Waals surface area contributed by atoms with Gasteiger partial charge in [0.25, 0.3) is 0 Å². The molecule has 0 saturated carbocycles. The van der Waals surface area contributed by atoms with Crippen LogP contribution in [0.25, 0.3) is 0 Å². The number of sulfonamides is 1. The fraction of sp³-hybridized carbons (Fsp3) is 0.571. The van der Waals surface area contributed by atoms with Crippen LogP contribution in [-0.4, -0.2) is 39.5 Å². The van der Waals surface area contributed by atoms with E-state index in [0.717, 1.165) is 26.1 Å². The van der Waals surface area contributed by atoms with E-state index in [9.17, 15) is 8.42 Å². The Balaban J connectivity index is 2.68. The summed E-state index contributed by atoms with van der Waals surface area (Å²) in [6, 6.07) is 2.98. The van der Waals surface area contributed by atoms with Crippen LogP contribution in [0.1, 0.15) is 25.8 Å². The summed E-state index contributed by atoms with van der Waals surface area (Å²) in [5.41, 5.74) is 6.54. The van der Waals surface area contributed by atoms with Crippen molar-refractivity contribution in [2.45, 2.75) is 32.1 Å². The molecule has 1 aromatic rings. The number of hydrogen-bond donors (Lipinski definition) is 2. The highest BCUT2D eigenvalue weighted by Gasteiger charge is 2.18. The number of rotatable bonds is 8. The highest BCUT2D eigenvalue weighted by Crippen LogP contribution is 2.25. The molecule has 120 valence electrons. The summed E-state index contributed by atoms with van der Waals surface area (Å²) in [4.78, 5) is 2.44. The van der Waals surface area contributed by atoms with Gasteiger partial charge < -0.3 is 10.6 Å². The Morgan fingerprint density at radius 3 is 2.48 bits per heavy atom. The maximum atomic E-state index is 12.3. The van der Waals surface area contributed by atoms with Crippen molar-refractivity contribution < 1.29 is 8.42 Å². The second-order valence-electron chi connectivity index (χ2n) is 4.92. The number of hydrogen-bond acceptors (Lipinski definition) is 4. The van der Waals surface area contributed by atoms with Gasteiger partial charge in [0.1, 0.15) is 0 Å². The van der Waals surface area contributed by atoms with E-state index < -0.39 is 10.0 Å². The summed E-state index contributed by atoms with van der Waals surface area (Å²) in [7, 11) is -3.55. The number of anilines is 1. The molecule has 5 nitrogen and oxygen atoms in total. The van der Waals surface area contributed by atoms with Gasteiger partial charge in [0.2, 0.25) is 10.0 Å². The van der Waals surface area contributed by atoms with Crippen LogP contribution in [-0.2, 0) is 10.0 Å². The molecule has 0 heterocycles. The highest BCUT2D eigenvalue weighted by molar-refractivity contribution is 7.89. The van der Waals surface area contributed by atoms with Gasteiger partial charge in [0.05, 0.1) is 15.6 Å². The van der Waals surface area contributed by atoms with Gasteiger partial charge in [-0.05, 0) is 50.7 Å². The van der Waals surface area contributed by atoms with Crippen molar-refractivity contribution >= 4 is 27.3 Å². The van der Waals surface area contributed by atoms with Gasteiger partial charge in [-0.2, -0.15) is 0 Å². The minimum Gasteiger partial charge on any atom is -0.397 e. The molecule has 21 heavy (non-hydrogen) atoms. The SMILES string of the molecule is CCN(CC)CCCNS(=O)(=O)c1cc(N)c(Cl)cc1C. The number of nitrogens with zero attached hydrogens (tertiary/aromatic N) is 1. The lowest BCUT2D eigenvalue weighted by atomic mass is 10.2. The number of nitrogens with one attached hydrogen (secondary N) is 1. The van der Waals surface area contributed by atoms with Crippen molar-refractivity contribution in [1.82, 2.24) is 9.62 Å². The summed E-state index contributed by atoms with van der Waals surface area (Å²) < 4.78 is 27.2. The lowest BCUT2D eigenvalue weighted by Gasteiger charge is -2.18. The minimum absolute atomic E-state index is 0.187. The first kappa shape index (κ1) is 18.2. The van der Waals surface area contributed by atoms with Crippen LogP contribution < -0.4 is 10.5 Å². The van der Waals surface area contributed by atoms with Gasteiger partial charge >= 0.3 is 0 Å². The lowest BCUT2D eigenvalue weighted by molar-refractivity contribution is 0.300. The molecule has 0 spiro atoms. The Morgan fingerprint density at radius 1 is 1.29 bits per heavy atom. The van der Waals surface area contributed by atoms with Crippen LogP contribution >= 0.6 is 11.6 Å². The summed E-state index contributed by atoms with van der Waals surface area (Å²) in [5, 5.41) is 0.369. The van der Waals surface area contributed by atoms with Crippen molar-refractivity contribution in [3.05, 3.63) is 22.7 Å². The van der Waals surface area contributed by atoms with Crippen molar-refractivity contribution in [1.29, 1.82) is 0 Å². The van der Waals surface area contributed by atoms with E-state index in [4.69, 9.17) is 17.3 Å². The number of benzene rings is 1. The van der Waals surface area contributed by atoms with Crippen LogP contribution in [0.5, 0.6) is 0 Å². The fourth-order valence-electron chi connectivity index (χ4n) is 2.08. The monoisotopic (exact) mass is 333 g/mol. The molecule has 0 saturated heterocycles. The average Bonchev–Trinajstić information content (AvgIpc) is 2.43. The largest absolute Gasteiger partial charge is 0.397 e. The van der Waals surface area contributed by atoms with Crippen LogP contribution in [0.15, 0.2) is 17.0 Å². The maximum Gasteiger partial charge on any atom is 0.240 e. The fourth-order valence-corrected chi connectivity index (χ4v) is 3.64. The first-order chi connectivity index (χ1) is 9.81. The van der Waals surface area contributed by atoms with Gasteiger partial charge in [-0.15, -0.1) is 0 Å². The molecular formula is C14H24ClN3O2S. The predicted molar refractivity (Wildman–Crippen MR) is 88.2 cm³/mol. The summed E-state index contributed by atoms with van der Waals surface area (Å²) in [6.07, 6.45) is 0.767. The Morgan fingerprint density at radius 2 is 1.90 bits per heavy atom. The van der Waals surface area contributed by atoms with Gasteiger partial charge in [0, 0.05) is 6.54 Å². The molecule has 1 rings (SSSR count). The number of nitrogen functional groups attached to an aromatic ring is 1. The molecule has 3 N–H and O–H groups in total. The molecule has 0 amide bonds. The number of halogens is 1. The zero-order valence-corrected chi connectivity index (χ0v) is 14.4. The molecule has 0 atom stereocenters. The summed E-state index contributed by atoms with van der Waals surface area (Å²) in [6.45, 7) is 9.10. The summed E-state index contributed by atoms with van der Waals surface area (Å²) in [5.74, 6) is 0. The molecule has 0 bridgehead atoms. The Bertz CT molecular complexity index is 572. The molecule has 0 aliphatic rings. The number of nitrogens with two attached hydrogens (primary N) is 1. The van der Waals surface area contributed by atoms with E-state index in [2.05, 4.69) is 23.5 Å². The van der Waals surface area contributed by atoms with Crippen molar-refractivity contribution in [3.63, 3.8) is 0 Å². The molecule has 0 aliphatic carbocycles. The molecule has 0 aliphatic heterocycles. The molecule has 0 unspecified atom stereocenters. The second kappa shape index (κ2) is 7.98. The highest BCUT2D eigenvalue weighted by atomic mass is 35.5. The topological polar surface area (TPSA) is 75.4 Å². The van der Waals surface area contributed by atoms with E-state index in [0.29, 0.717) is 17.1 Å². The van der Waals surface area contributed by atoms with E-state index in [-0.39, 0.29) is 10.6 Å². The molecule has 0 radical (unpaired) electrons. The van der Waals surface area contributed by atoms with Gasteiger partial charge in [-0.3, -0.25) is 0 Å². The number of aryl methyl sites for hydroxylation is 1. The Hall–Kier alpha value is -0.820. The predicted octanol–water partition coefficient (Wildman–Crippen LogP) is 2.24. The minimum atomic E-state index is -3.55. The molecule has 0 fully saturated rings. The third-order valence-electron chi connectivity index (χ3n) is 3.42. The van der Waals surface area contributed by atoms with Crippen LogP contribution in [0.4, 0.5) is 5.69 Å². The Kier molecular flexibility index (Phi) is 6.93. The third-order valence-corrected chi connectivity index (χ3v) is 5.35. The first-order valence-corrected chi connectivity index (χ1v) is 8.95. The van der Waals surface area contributed by atoms with E-state index in [1.807, 2.05) is 0 Å². The zero-order chi connectivity index (χ0) is 16.0. The summed E-state index contributed by atoms with van der Waals surface area (Å²) >= 11 is 5.88. The van der Waals surface area contributed by atoms with Crippen LogP contribution in [0.2, 0.25) is 5.02 Å². The van der Waals surface area contributed by atoms with Crippen molar-refractivity contribution in [3.8, 4) is 0 Å². The van der Waals surface area contributed by atoms with Crippen LogP contribution in [0, 0.1) is 6.92 Å². The maximum absolute atomic E-state index is 12.3. The Labute approximate surface area is 132 Å². The normalized spacial score (nSPS) is 12.0. The standard InChI is InChI=1S/C14H24ClN3O2S/c1-4-18(5-2)8-6-7-17-21(19,20)14-10-13(16)12(15)9-11(14)3/h9-10,17H,4-8,16H2,1-3H3. The third kappa shape index (κ3) is 5.14.